The highest BCUT2D eigenvalue weighted by molar-refractivity contribution is 5.87. The number of carbonyl (C=O) groups is 1. The van der Waals surface area contributed by atoms with E-state index >= 15 is 0 Å². The van der Waals surface area contributed by atoms with Gasteiger partial charge in [0.15, 0.2) is 11.3 Å². The van der Waals surface area contributed by atoms with Gasteiger partial charge in [-0.1, -0.05) is 18.7 Å². The van der Waals surface area contributed by atoms with Crippen molar-refractivity contribution in [1.29, 1.82) is 0 Å². The third-order valence-corrected chi connectivity index (χ3v) is 5.04. The smallest absolute Gasteiger partial charge is 0.246 e. The maximum Gasteiger partial charge on any atom is 0.246 e. The van der Waals surface area contributed by atoms with Crippen LogP contribution in [0.15, 0.2) is 41.3 Å². The largest absolute Gasteiger partial charge is 0.493 e. The summed E-state index contributed by atoms with van der Waals surface area (Å²) in [5.41, 5.74) is 0.713. The number of furan rings is 1. The summed E-state index contributed by atoms with van der Waals surface area (Å²) < 4.78 is 17.2. The molecule has 2 aromatic rings. The van der Waals surface area contributed by atoms with Gasteiger partial charge in [-0.05, 0) is 37.5 Å². The summed E-state index contributed by atoms with van der Waals surface area (Å²) in [5, 5.41) is 0.972. The van der Waals surface area contributed by atoms with Crippen LogP contribution < -0.4 is 4.74 Å². The zero-order valence-corrected chi connectivity index (χ0v) is 13.7. The number of ether oxygens (including phenoxy) is 2. The van der Waals surface area contributed by atoms with Crippen LogP contribution in [0.5, 0.6) is 5.75 Å². The van der Waals surface area contributed by atoms with E-state index in [2.05, 4.69) is 6.58 Å². The Hall–Kier alpha value is -2.27. The lowest BCUT2D eigenvalue weighted by molar-refractivity contribution is -0.130. The third-order valence-electron chi connectivity index (χ3n) is 5.04. The molecule has 1 amide bonds. The molecule has 0 radical (unpaired) electrons. The SMILES string of the molecule is C=CC(=O)N(Cc1cc2cccc(OC)c2o1)[C@@H]1C[C@H]2CC[C@@H]1O2. The quantitative estimate of drug-likeness (QED) is 0.791. The zero-order chi connectivity index (χ0) is 16.7. The molecule has 3 heterocycles. The minimum absolute atomic E-state index is 0.0800. The number of amides is 1. The fourth-order valence-electron chi connectivity index (χ4n) is 3.91. The number of nitrogens with zero attached hydrogens (tertiary/aromatic N) is 1. The van der Waals surface area contributed by atoms with Crippen LogP contribution in [-0.2, 0) is 16.1 Å². The maximum atomic E-state index is 12.4. The zero-order valence-electron chi connectivity index (χ0n) is 13.7. The maximum absolute atomic E-state index is 12.4. The first kappa shape index (κ1) is 15.3. The minimum atomic E-state index is -0.0800. The van der Waals surface area contributed by atoms with Crippen LogP contribution in [0.3, 0.4) is 0 Å². The molecule has 5 nitrogen and oxygen atoms in total. The molecule has 2 saturated heterocycles. The number of benzene rings is 1. The van der Waals surface area contributed by atoms with Gasteiger partial charge in [-0.2, -0.15) is 0 Å². The van der Waals surface area contributed by atoms with Crippen LogP contribution in [0.4, 0.5) is 0 Å². The summed E-state index contributed by atoms with van der Waals surface area (Å²) in [4.78, 5) is 14.2. The second-order valence-corrected chi connectivity index (χ2v) is 6.44. The molecule has 2 aliphatic rings. The molecule has 0 N–H and O–H groups in total. The molecule has 4 rings (SSSR count). The van der Waals surface area contributed by atoms with Crippen molar-refractivity contribution in [3.05, 3.63) is 42.7 Å². The molecule has 0 aliphatic carbocycles. The Morgan fingerprint density at radius 2 is 2.33 bits per heavy atom. The molecule has 0 spiro atoms. The van der Waals surface area contributed by atoms with Crippen molar-refractivity contribution in [3.63, 3.8) is 0 Å². The topological polar surface area (TPSA) is 51.9 Å². The van der Waals surface area contributed by atoms with E-state index < -0.39 is 0 Å². The molecule has 0 saturated carbocycles. The van der Waals surface area contributed by atoms with Gasteiger partial charge in [0, 0.05) is 5.39 Å². The summed E-state index contributed by atoms with van der Waals surface area (Å²) in [6.07, 6.45) is 4.81. The second-order valence-electron chi connectivity index (χ2n) is 6.44. The van der Waals surface area contributed by atoms with Gasteiger partial charge in [0.2, 0.25) is 5.91 Å². The molecule has 24 heavy (non-hydrogen) atoms. The van der Waals surface area contributed by atoms with Crippen LogP contribution in [-0.4, -0.2) is 36.2 Å². The van der Waals surface area contributed by atoms with E-state index in [1.807, 2.05) is 29.2 Å². The van der Waals surface area contributed by atoms with Crippen LogP contribution in [0.1, 0.15) is 25.0 Å². The standard InChI is InChI=1S/C19H21NO4/c1-3-18(21)20(15-10-13-7-8-16(15)23-13)11-14-9-12-5-4-6-17(22-2)19(12)24-14/h3-6,9,13,15-16H,1,7-8,10-11H2,2H3/t13-,15-,16+/m1/s1. The lowest BCUT2D eigenvalue weighted by Gasteiger charge is -2.31. The molecular weight excluding hydrogens is 306 g/mol. The second kappa shape index (κ2) is 5.98. The summed E-state index contributed by atoms with van der Waals surface area (Å²) in [6, 6.07) is 7.84. The van der Waals surface area contributed by atoms with Crippen LogP contribution >= 0.6 is 0 Å². The van der Waals surface area contributed by atoms with Gasteiger partial charge >= 0.3 is 0 Å². The fourth-order valence-corrected chi connectivity index (χ4v) is 3.91. The van der Waals surface area contributed by atoms with Gasteiger partial charge < -0.3 is 18.8 Å². The van der Waals surface area contributed by atoms with E-state index in [1.165, 1.54) is 6.08 Å². The molecule has 2 aliphatic heterocycles. The van der Waals surface area contributed by atoms with E-state index in [-0.39, 0.29) is 24.2 Å². The first-order valence-corrected chi connectivity index (χ1v) is 8.33. The summed E-state index contributed by atoms with van der Waals surface area (Å²) in [7, 11) is 1.62. The lowest BCUT2D eigenvalue weighted by Crippen LogP contribution is -2.44. The highest BCUT2D eigenvalue weighted by atomic mass is 16.5. The van der Waals surface area contributed by atoms with Crippen molar-refractivity contribution >= 4 is 16.9 Å². The molecule has 3 atom stereocenters. The van der Waals surface area contributed by atoms with Gasteiger partial charge in [0.05, 0.1) is 31.9 Å². The number of hydrogen-bond acceptors (Lipinski definition) is 4. The minimum Gasteiger partial charge on any atom is -0.493 e. The predicted octanol–water partition coefficient (Wildman–Crippen LogP) is 3.28. The van der Waals surface area contributed by atoms with E-state index in [4.69, 9.17) is 13.9 Å². The van der Waals surface area contributed by atoms with Crippen molar-refractivity contribution < 1.29 is 18.7 Å². The van der Waals surface area contributed by atoms with Crippen molar-refractivity contribution in [1.82, 2.24) is 4.90 Å². The Morgan fingerprint density at radius 1 is 1.46 bits per heavy atom. The summed E-state index contributed by atoms with van der Waals surface area (Å²) >= 11 is 0. The fraction of sp³-hybridized carbons (Fsp3) is 0.421. The number of carbonyl (C=O) groups excluding carboxylic acids is 1. The van der Waals surface area contributed by atoms with Crippen molar-refractivity contribution in [3.8, 4) is 5.75 Å². The lowest BCUT2D eigenvalue weighted by atomic mass is 9.94. The van der Waals surface area contributed by atoms with Gasteiger partial charge in [0.1, 0.15) is 5.76 Å². The number of hydrogen-bond donors (Lipinski definition) is 0. The summed E-state index contributed by atoms with van der Waals surface area (Å²) in [6.45, 7) is 4.06. The van der Waals surface area contributed by atoms with Gasteiger partial charge in [-0.15, -0.1) is 0 Å². The molecule has 126 valence electrons. The third kappa shape index (κ3) is 2.49. The Bertz CT molecular complexity index is 781. The number of methoxy groups -OCH3 is 1. The molecule has 5 heteroatoms. The Kier molecular flexibility index (Phi) is 3.81. The van der Waals surface area contributed by atoms with Crippen molar-refractivity contribution in [2.45, 2.75) is 44.1 Å². The molecule has 1 aromatic carbocycles. The van der Waals surface area contributed by atoms with Crippen LogP contribution in [0, 0.1) is 0 Å². The van der Waals surface area contributed by atoms with E-state index in [1.54, 1.807) is 7.11 Å². The molecule has 2 bridgehead atoms. The van der Waals surface area contributed by atoms with E-state index in [0.717, 1.165) is 30.4 Å². The van der Waals surface area contributed by atoms with E-state index in [0.29, 0.717) is 17.9 Å². The van der Waals surface area contributed by atoms with Crippen LogP contribution in [0.2, 0.25) is 0 Å². The average molecular weight is 327 g/mol. The number of rotatable bonds is 5. The Balaban J connectivity index is 1.63. The Morgan fingerprint density at radius 3 is 3.00 bits per heavy atom. The first-order valence-electron chi connectivity index (χ1n) is 8.33. The highest BCUT2D eigenvalue weighted by Crippen LogP contribution is 2.38. The normalized spacial score (nSPS) is 25.1. The first-order chi connectivity index (χ1) is 11.7. The molecular formula is C19H21NO4. The highest BCUT2D eigenvalue weighted by Gasteiger charge is 2.44. The number of para-hydroxylation sites is 1. The molecule has 2 fully saturated rings. The van der Waals surface area contributed by atoms with Gasteiger partial charge in [-0.25, -0.2) is 0 Å². The van der Waals surface area contributed by atoms with Gasteiger partial charge in [-0.3, -0.25) is 4.79 Å². The summed E-state index contributed by atoms with van der Waals surface area (Å²) in [5.74, 6) is 1.36. The predicted molar refractivity (Wildman–Crippen MR) is 89.8 cm³/mol. The van der Waals surface area contributed by atoms with Crippen molar-refractivity contribution in [2.75, 3.05) is 7.11 Å². The van der Waals surface area contributed by atoms with E-state index in [9.17, 15) is 4.79 Å². The molecule has 1 aromatic heterocycles. The van der Waals surface area contributed by atoms with Crippen LogP contribution in [0.25, 0.3) is 11.0 Å². The monoisotopic (exact) mass is 327 g/mol. The van der Waals surface area contributed by atoms with Gasteiger partial charge in [0.25, 0.3) is 0 Å². The number of fused-ring (bicyclic) bond motifs is 3. The Labute approximate surface area is 140 Å². The average Bonchev–Trinajstić information content (AvgIpc) is 3.32. The van der Waals surface area contributed by atoms with Crippen molar-refractivity contribution in [2.24, 2.45) is 0 Å². The molecule has 0 unspecified atom stereocenters.